The zero-order chi connectivity index (χ0) is 8.67. The van der Waals surface area contributed by atoms with E-state index in [1.807, 2.05) is 0 Å². The van der Waals surface area contributed by atoms with Gasteiger partial charge in [0, 0.05) is 19.6 Å². The molecule has 3 fully saturated rings. The molecular weight excluding hydrogens is 164 g/mol. The molecule has 4 heteroatoms. The van der Waals surface area contributed by atoms with E-state index in [0.717, 1.165) is 0 Å². The van der Waals surface area contributed by atoms with Crippen LogP contribution in [0.2, 0.25) is 0 Å². The van der Waals surface area contributed by atoms with Crippen LogP contribution in [0, 0.1) is 0 Å². The number of fused-ring (bicyclic) bond motifs is 3. The fourth-order valence-corrected chi connectivity index (χ4v) is 2.67. The van der Waals surface area contributed by atoms with Crippen molar-refractivity contribution in [1.82, 2.24) is 20.7 Å². The van der Waals surface area contributed by atoms with E-state index in [1.54, 1.807) is 0 Å². The minimum absolute atomic E-state index is 0.600. The Morgan fingerprint density at radius 1 is 0.923 bits per heavy atom. The van der Waals surface area contributed by atoms with Crippen LogP contribution in [0.5, 0.6) is 0 Å². The first-order valence-corrected chi connectivity index (χ1v) is 5.53. The van der Waals surface area contributed by atoms with Crippen LogP contribution in [0.15, 0.2) is 0 Å². The van der Waals surface area contributed by atoms with Gasteiger partial charge in [-0.3, -0.25) is 0 Å². The van der Waals surface area contributed by atoms with E-state index in [-0.39, 0.29) is 0 Å². The molecule has 74 valence electrons. The second-order valence-corrected chi connectivity index (χ2v) is 4.23. The summed E-state index contributed by atoms with van der Waals surface area (Å²) in [6.07, 6.45) is 7.37. The van der Waals surface area contributed by atoms with Gasteiger partial charge in [-0.05, 0) is 19.3 Å². The Labute approximate surface area is 79.4 Å². The standard InChI is InChI=1S/C9H18N4/c1-2-5-9-10-12-7-4-8-13(12)11(9)6-3-1/h9-10H,1-8H2. The molecule has 1 atom stereocenters. The zero-order valence-corrected chi connectivity index (χ0v) is 8.08. The van der Waals surface area contributed by atoms with Crippen molar-refractivity contribution in [1.29, 1.82) is 0 Å². The SMILES string of the molecule is C1CCC2NN3CCCN3N2CC1. The fourth-order valence-electron chi connectivity index (χ4n) is 2.67. The fraction of sp³-hybridized carbons (Fsp3) is 1.00. The molecule has 0 aromatic heterocycles. The third-order valence-electron chi connectivity index (χ3n) is 3.33. The van der Waals surface area contributed by atoms with Crippen LogP contribution in [0.4, 0.5) is 0 Å². The number of hydrogen-bond donors (Lipinski definition) is 1. The van der Waals surface area contributed by atoms with Crippen LogP contribution < -0.4 is 5.43 Å². The van der Waals surface area contributed by atoms with Crippen molar-refractivity contribution in [3.8, 4) is 0 Å². The molecule has 0 aromatic rings. The van der Waals surface area contributed by atoms with E-state index < -0.39 is 0 Å². The maximum Gasteiger partial charge on any atom is 0.0892 e. The molecule has 3 aliphatic heterocycles. The van der Waals surface area contributed by atoms with Crippen LogP contribution in [0.3, 0.4) is 0 Å². The number of hydrogen-bond acceptors (Lipinski definition) is 4. The van der Waals surface area contributed by atoms with Gasteiger partial charge >= 0.3 is 0 Å². The van der Waals surface area contributed by atoms with E-state index in [2.05, 4.69) is 20.7 Å². The van der Waals surface area contributed by atoms with Crippen LogP contribution >= 0.6 is 0 Å². The summed E-state index contributed by atoms with van der Waals surface area (Å²) in [5, 5.41) is 7.24. The first-order valence-electron chi connectivity index (χ1n) is 5.53. The van der Waals surface area contributed by atoms with Crippen molar-refractivity contribution < 1.29 is 0 Å². The molecule has 3 aliphatic rings. The normalized spacial score (nSPS) is 37.4. The summed E-state index contributed by atoms with van der Waals surface area (Å²) in [4.78, 5) is 0. The molecule has 13 heavy (non-hydrogen) atoms. The van der Waals surface area contributed by atoms with Crippen LogP contribution in [-0.2, 0) is 0 Å². The number of nitrogens with zero attached hydrogens (tertiary/aromatic N) is 3. The average Bonchev–Trinajstić information content (AvgIpc) is 2.61. The topological polar surface area (TPSA) is 21.8 Å². The predicted octanol–water partition coefficient (Wildman–Crippen LogP) is 0.544. The molecule has 0 amide bonds. The quantitative estimate of drug-likeness (QED) is 0.590. The van der Waals surface area contributed by atoms with Gasteiger partial charge in [-0.15, -0.1) is 0 Å². The highest BCUT2D eigenvalue weighted by molar-refractivity contribution is 4.79. The summed E-state index contributed by atoms with van der Waals surface area (Å²) in [5.41, 5.74) is 3.58. The van der Waals surface area contributed by atoms with Gasteiger partial charge < -0.3 is 0 Å². The van der Waals surface area contributed by atoms with Crippen molar-refractivity contribution in [3.05, 3.63) is 0 Å². The van der Waals surface area contributed by atoms with Crippen LogP contribution in [-0.4, -0.2) is 41.0 Å². The minimum atomic E-state index is 0.600. The third kappa shape index (κ3) is 1.29. The molecular formula is C9H18N4. The maximum atomic E-state index is 3.58. The van der Waals surface area contributed by atoms with E-state index in [0.29, 0.717) is 6.17 Å². The summed E-state index contributed by atoms with van der Waals surface area (Å²) in [5.74, 6) is 0. The molecule has 3 saturated heterocycles. The molecule has 1 N–H and O–H groups in total. The third-order valence-corrected chi connectivity index (χ3v) is 3.33. The zero-order valence-electron chi connectivity index (χ0n) is 8.08. The van der Waals surface area contributed by atoms with Gasteiger partial charge in [-0.2, -0.15) is 10.2 Å². The molecule has 0 bridgehead atoms. The van der Waals surface area contributed by atoms with Gasteiger partial charge in [0.2, 0.25) is 0 Å². The Morgan fingerprint density at radius 3 is 2.92 bits per heavy atom. The lowest BCUT2D eigenvalue weighted by Crippen LogP contribution is -2.42. The van der Waals surface area contributed by atoms with Gasteiger partial charge in [0.1, 0.15) is 0 Å². The summed E-state index contributed by atoms with van der Waals surface area (Å²) in [7, 11) is 0. The number of rotatable bonds is 0. The van der Waals surface area contributed by atoms with Gasteiger partial charge in [-0.25, -0.2) is 10.4 Å². The Morgan fingerprint density at radius 2 is 1.92 bits per heavy atom. The minimum Gasteiger partial charge on any atom is -0.222 e. The highest BCUT2D eigenvalue weighted by atomic mass is 16.0. The molecule has 3 rings (SSSR count). The molecule has 0 saturated carbocycles. The molecule has 3 heterocycles. The largest absolute Gasteiger partial charge is 0.222 e. The highest BCUT2D eigenvalue weighted by Gasteiger charge is 2.39. The van der Waals surface area contributed by atoms with E-state index in [9.17, 15) is 0 Å². The molecule has 0 radical (unpaired) electrons. The lowest BCUT2D eigenvalue weighted by Gasteiger charge is -2.27. The molecule has 1 unspecified atom stereocenters. The molecule has 0 aliphatic carbocycles. The Hall–Kier alpha value is -0.160. The summed E-state index contributed by atoms with van der Waals surface area (Å²) in [6, 6.07) is 0. The van der Waals surface area contributed by atoms with Gasteiger partial charge in [0.25, 0.3) is 0 Å². The maximum absolute atomic E-state index is 3.58. The Balaban J connectivity index is 1.77. The van der Waals surface area contributed by atoms with Crippen LogP contribution in [0.1, 0.15) is 32.1 Å². The van der Waals surface area contributed by atoms with Crippen molar-refractivity contribution in [2.45, 2.75) is 38.3 Å². The Bertz CT molecular complexity index is 196. The first kappa shape index (κ1) is 8.17. The summed E-state index contributed by atoms with van der Waals surface area (Å²) >= 11 is 0. The lowest BCUT2D eigenvalue weighted by atomic mass is 10.2. The van der Waals surface area contributed by atoms with Crippen molar-refractivity contribution in [2.24, 2.45) is 0 Å². The van der Waals surface area contributed by atoms with Crippen molar-refractivity contribution in [3.63, 3.8) is 0 Å². The monoisotopic (exact) mass is 182 g/mol. The summed E-state index contributed by atoms with van der Waals surface area (Å²) < 4.78 is 0. The van der Waals surface area contributed by atoms with Gasteiger partial charge in [0.05, 0.1) is 6.17 Å². The van der Waals surface area contributed by atoms with E-state index in [1.165, 1.54) is 51.7 Å². The second kappa shape index (κ2) is 3.20. The average molecular weight is 182 g/mol. The van der Waals surface area contributed by atoms with Crippen LogP contribution in [0.25, 0.3) is 0 Å². The lowest BCUT2D eigenvalue weighted by molar-refractivity contribution is -0.101. The Kier molecular flexibility index (Phi) is 2.01. The number of nitrogens with one attached hydrogen (secondary N) is 1. The second-order valence-electron chi connectivity index (χ2n) is 4.23. The molecule has 0 aromatic carbocycles. The van der Waals surface area contributed by atoms with E-state index in [4.69, 9.17) is 0 Å². The van der Waals surface area contributed by atoms with Gasteiger partial charge in [0.15, 0.2) is 0 Å². The molecule has 0 spiro atoms. The predicted molar refractivity (Wildman–Crippen MR) is 50.1 cm³/mol. The number of hydrazine groups is 3. The highest BCUT2D eigenvalue weighted by Crippen LogP contribution is 2.26. The van der Waals surface area contributed by atoms with E-state index >= 15 is 0 Å². The first-order chi connectivity index (χ1) is 6.45. The summed E-state index contributed by atoms with van der Waals surface area (Å²) in [6.45, 7) is 3.64. The van der Waals surface area contributed by atoms with Crippen molar-refractivity contribution in [2.75, 3.05) is 19.6 Å². The molecule has 4 nitrogen and oxygen atoms in total. The van der Waals surface area contributed by atoms with Crippen molar-refractivity contribution >= 4 is 0 Å². The smallest absolute Gasteiger partial charge is 0.0892 e. The van der Waals surface area contributed by atoms with Gasteiger partial charge in [-0.1, -0.05) is 12.8 Å².